The Labute approximate surface area is 137 Å². The largest absolute Gasteiger partial charge is 0.372 e. The lowest BCUT2D eigenvalue weighted by Gasteiger charge is -2.31. The van der Waals surface area contributed by atoms with Gasteiger partial charge in [0.1, 0.15) is 6.04 Å². The first-order chi connectivity index (χ1) is 11.1. The molecule has 2 aliphatic heterocycles. The summed E-state index contributed by atoms with van der Waals surface area (Å²) in [6.07, 6.45) is 2.06. The maximum atomic E-state index is 12.7. The molecule has 0 aliphatic carbocycles. The third-order valence-electron chi connectivity index (χ3n) is 4.63. The van der Waals surface area contributed by atoms with Crippen molar-refractivity contribution in [2.75, 3.05) is 19.7 Å². The molecule has 2 aliphatic rings. The highest BCUT2D eigenvalue weighted by Gasteiger charge is 2.32. The number of piperidine rings is 1. The molecule has 1 unspecified atom stereocenters. The minimum absolute atomic E-state index is 0.0182. The predicted octanol–water partition coefficient (Wildman–Crippen LogP) is 1.89. The Morgan fingerprint density at radius 1 is 1.26 bits per heavy atom. The summed E-state index contributed by atoms with van der Waals surface area (Å²) in [5.41, 5.74) is 1.15. The zero-order valence-corrected chi connectivity index (χ0v) is 13.5. The van der Waals surface area contributed by atoms with Crippen molar-refractivity contribution in [3.8, 4) is 0 Å². The van der Waals surface area contributed by atoms with Gasteiger partial charge in [-0.05, 0) is 24.3 Å². The number of amides is 2. The number of carbonyl (C=O) groups is 2. The van der Waals surface area contributed by atoms with Gasteiger partial charge in [0, 0.05) is 19.5 Å². The average molecular weight is 316 g/mol. The fraction of sp³-hybridized carbons (Fsp3) is 0.556. The van der Waals surface area contributed by atoms with Crippen molar-refractivity contribution in [2.24, 2.45) is 5.92 Å². The summed E-state index contributed by atoms with van der Waals surface area (Å²) < 4.78 is 5.92. The van der Waals surface area contributed by atoms with Gasteiger partial charge in [0.15, 0.2) is 0 Å². The van der Waals surface area contributed by atoms with Crippen LogP contribution in [0.4, 0.5) is 0 Å². The highest BCUT2D eigenvalue weighted by atomic mass is 16.5. The number of hydrogen-bond acceptors (Lipinski definition) is 3. The first-order valence-corrected chi connectivity index (χ1v) is 8.38. The first-order valence-electron chi connectivity index (χ1n) is 8.38. The summed E-state index contributed by atoms with van der Waals surface area (Å²) in [4.78, 5) is 26.2. The summed E-state index contributed by atoms with van der Waals surface area (Å²) in [6.45, 7) is 3.81. The second-order valence-corrected chi connectivity index (χ2v) is 6.55. The number of benzene rings is 1. The number of hydrogen-bond donors (Lipinski definition) is 1. The molecular formula is C18H24N2O3. The van der Waals surface area contributed by atoms with Crippen LogP contribution in [0.15, 0.2) is 30.3 Å². The van der Waals surface area contributed by atoms with Gasteiger partial charge in [-0.15, -0.1) is 0 Å². The van der Waals surface area contributed by atoms with Crippen molar-refractivity contribution in [1.82, 2.24) is 10.2 Å². The van der Waals surface area contributed by atoms with Crippen molar-refractivity contribution in [2.45, 2.75) is 38.3 Å². The molecule has 2 heterocycles. The normalized spacial score (nSPS) is 28.8. The topological polar surface area (TPSA) is 58.6 Å². The fourth-order valence-corrected chi connectivity index (χ4v) is 3.42. The second kappa shape index (κ2) is 7.13. The maximum Gasteiger partial charge on any atom is 0.245 e. The third kappa shape index (κ3) is 3.91. The molecule has 2 amide bonds. The SMILES string of the molecule is C[C@H]1CC(=O)N[C@@H](C(=O)N2CCOC(c3ccccc3)CC2)C1. The molecule has 0 saturated carbocycles. The molecule has 1 aromatic carbocycles. The van der Waals surface area contributed by atoms with Gasteiger partial charge in [-0.2, -0.15) is 0 Å². The molecule has 2 fully saturated rings. The van der Waals surface area contributed by atoms with Crippen molar-refractivity contribution in [1.29, 1.82) is 0 Å². The highest BCUT2D eigenvalue weighted by molar-refractivity contribution is 5.88. The molecule has 23 heavy (non-hydrogen) atoms. The summed E-state index contributed by atoms with van der Waals surface area (Å²) in [5.74, 6) is 0.274. The van der Waals surface area contributed by atoms with Gasteiger partial charge in [0.25, 0.3) is 0 Å². The molecule has 5 nitrogen and oxygen atoms in total. The molecule has 0 radical (unpaired) electrons. The van der Waals surface area contributed by atoms with Crippen molar-refractivity contribution < 1.29 is 14.3 Å². The minimum Gasteiger partial charge on any atom is -0.372 e. The van der Waals surface area contributed by atoms with Crippen LogP contribution >= 0.6 is 0 Å². The molecule has 3 rings (SSSR count). The molecule has 2 saturated heterocycles. The summed E-state index contributed by atoms with van der Waals surface area (Å²) in [5, 5.41) is 2.84. The monoisotopic (exact) mass is 316 g/mol. The Morgan fingerprint density at radius 3 is 2.78 bits per heavy atom. The number of carbonyl (C=O) groups excluding carboxylic acids is 2. The summed E-state index contributed by atoms with van der Waals surface area (Å²) in [7, 11) is 0. The quantitative estimate of drug-likeness (QED) is 0.906. The van der Waals surface area contributed by atoms with Gasteiger partial charge >= 0.3 is 0 Å². The second-order valence-electron chi connectivity index (χ2n) is 6.55. The summed E-state index contributed by atoms with van der Waals surface area (Å²) in [6, 6.07) is 9.75. The molecule has 1 N–H and O–H groups in total. The van der Waals surface area contributed by atoms with E-state index in [2.05, 4.69) is 17.4 Å². The van der Waals surface area contributed by atoms with Crippen molar-refractivity contribution in [3.05, 3.63) is 35.9 Å². The van der Waals surface area contributed by atoms with Crippen molar-refractivity contribution in [3.63, 3.8) is 0 Å². The number of nitrogens with zero attached hydrogens (tertiary/aromatic N) is 1. The van der Waals surface area contributed by atoms with E-state index in [-0.39, 0.29) is 29.9 Å². The Hall–Kier alpha value is -1.88. The molecular weight excluding hydrogens is 292 g/mol. The lowest BCUT2D eigenvalue weighted by atomic mass is 9.93. The standard InChI is InChI=1S/C18H24N2O3/c1-13-11-15(19-17(21)12-13)18(22)20-8-7-16(23-10-9-20)14-5-3-2-4-6-14/h2-6,13,15-16H,7-12H2,1H3,(H,19,21)/t13-,15-,16?/m1/s1. The Kier molecular flexibility index (Phi) is 4.96. The Bertz CT molecular complexity index is 561. The van der Waals surface area contributed by atoms with E-state index in [1.165, 1.54) is 0 Å². The Balaban J connectivity index is 1.61. The first kappa shape index (κ1) is 16.0. The number of nitrogens with one attached hydrogen (secondary N) is 1. The van der Waals surface area contributed by atoms with Crippen LogP contribution < -0.4 is 5.32 Å². The third-order valence-corrected chi connectivity index (χ3v) is 4.63. The van der Waals surface area contributed by atoms with E-state index in [1.54, 1.807) is 0 Å². The van der Waals surface area contributed by atoms with E-state index < -0.39 is 0 Å². The molecule has 3 atom stereocenters. The van der Waals surface area contributed by atoms with Gasteiger partial charge in [-0.25, -0.2) is 0 Å². The minimum atomic E-state index is -0.375. The number of rotatable bonds is 2. The zero-order chi connectivity index (χ0) is 16.2. The van der Waals surface area contributed by atoms with Crippen LogP contribution in [0.5, 0.6) is 0 Å². The predicted molar refractivity (Wildman–Crippen MR) is 86.7 cm³/mol. The van der Waals surface area contributed by atoms with Crippen LogP contribution in [-0.4, -0.2) is 42.5 Å². The highest BCUT2D eigenvalue weighted by Crippen LogP contribution is 2.25. The van der Waals surface area contributed by atoms with E-state index in [0.29, 0.717) is 26.1 Å². The van der Waals surface area contributed by atoms with Crippen LogP contribution in [-0.2, 0) is 14.3 Å². The van der Waals surface area contributed by atoms with E-state index in [1.807, 2.05) is 30.0 Å². The molecule has 5 heteroatoms. The van der Waals surface area contributed by atoms with Gasteiger partial charge in [0.05, 0.1) is 12.7 Å². The molecule has 0 bridgehead atoms. The van der Waals surface area contributed by atoms with E-state index in [4.69, 9.17) is 4.74 Å². The zero-order valence-electron chi connectivity index (χ0n) is 13.5. The average Bonchev–Trinajstić information content (AvgIpc) is 2.80. The van der Waals surface area contributed by atoms with Crippen LogP contribution in [0.3, 0.4) is 0 Å². The smallest absolute Gasteiger partial charge is 0.245 e. The van der Waals surface area contributed by atoms with Gasteiger partial charge in [-0.3, -0.25) is 9.59 Å². The van der Waals surface area contributed by atoms with Crippen LogP contribution in [0, 0.1) is 5.92 Å². The molecule has 0 aromatic heterocycles. The van der Waals surface area contributed by atoms with Crippen LogP contribution in [0.25, 0.3) is 0 Å². The fourth-order valence-electron chi connectivity index (χ4n) is 3.42. The summed E-state index contributed by atoms with van der Waals surface area (Å²) >= 11 is 0. The van der Waals surface area contributed by atoms with Crippen molar-refractivity contribution >= 4 is 11.8 Å². The molecule has 124 valence electrons. The van der Waals surface area contributed by atoms with Gasteiger partial charge in [-0.1, -0.05) is 37.3 Å². The number of ether oxygens (including phenoxy) is 1. The molecule has 0 spiro atoms. The van der Waals surface area contributed by atoms with Crippen LogP contribution in [0.1, 0.15) is 37.9 Å². The van der Waals surface area contributed by atoms with Gasteiger partial charge in [0.2, 0.25) is 11.8 Å². The van der Waals surface area contributed by atoms with Crippen LogP contribution in [0.2, 0.25) is 0 Å². The lowest BCUT2D eigenvalue weighted by Crippen LogP contribution is -2.52. The van der Waals surface area contributed by atoms with E-state index in [0.717, 1.165) is 18.4 Å². The lowest BCUT2D eigenvalue weighted by molar-refractivity contribution is -0.139. The van der Waals surface area contributed by atoms with Gasteiger partial charge < -0.3 is 15.0 Å². The van der Waals surface area contributed by atoms with E-state index in [9.17, 15) is 9.59 Å². The Morgan fingerprint density at radius 2 is 2.04 bits per heavy atom. The molecule has 1 aromatic rings. The maximum absolute atomic E-state index is 12.7. The van der Waals surface area contributed by atoms with E-state index >= 15 is 0 Å².